The molecule has 3 nitrogen and oxygen atoms in total. The lowest BCUT2D eigenvalue weighted by molar-refractivity contribution is -0.137. The van der Waals surface area contributed by atoms with E-state index in [-0.39, 0.29) is 6.42 Å². The van der Waals surface area contributed by atoms with Crippen molar-refractivity contribution in [3.05, 3.63) is 60.8 Å². The molecule has 0 spiro atoms. The number of aliphatic carboxylic acids is 1. The van der Waals surface area contributed by atoms with E-state index in [1.807, 2.05) is 18.2 Å². The molecule has 2 N–H and O–H groups in total. The van der Waals surface area contributed by atoms with Crippen molar-refractivity contribution in [2.45, 2.75) is 58.0 Å². The molecule has 3 heteroatoms. The van der Waals surface area contributed by atoms with Crippen LogP contribution in [0.25, 0.3) is 0 Å². The number of carboxylic acids is 1. The second kappa shape index (κ2) is 16.5. The number of aliphatic hydroxyl groups is 1. The van der Waals surface area contributed by atoms with Gasteiger partial charge in [-0.3, -0.25) is 4.79 Å². The van der Waals surface area contributed by atoms with Crippen LogP contribution in [-0.4, -0.2) is 22.3 Å². The summed E-state index contributed by atoms with van der Waals surface area (Å²) in [5, 5.41) is 18.2. The van der Waals surface area contributed by atoms with Crippen molar-refractivity contribution in [1.82, 2.24) is 0 Å². The highest BCUT2D eigenvalue weighted by molar-refractivity contribution is 5.66. The van der Waals surface area contributed by atoms with Crippen molar-refractivity contribution in [1.29, 1.82) is 0 Å². The fourth-order valence-electron chi connectivity index (χ4n) is 1.76. The molecule has 0 fully saturated rings. The summed E-state index contributed by atoms with van der Waals surface area (Å²) in [6.45, 7) is 2.12. The molecule has 0 saturated heterocycles. The number of hydrogen-bond donors (Lipinski definition) is 2. The molecule has 23 heavy (non-hydrogen) atoms. The molecule has 0 radical (unpaired) electrons. The Morgan fingerprint density at radius 1 is 0.957 bits per heavy atom. The lowest BCUT2D eigenvalue weighted by Gasteiger charge is -1.98. The molecule has 0 aromatic rings. The zero-order chi connectivity index (χ0) is 17.2. The molecule has 0 aliphatic heterocycles. The number of rotatable bonds is 13. The van der Waals surface area contributed by atoms with Crippen LogP contribution in [-0.2, 0) is 4.79 Å². The molecule has 128 valence electrons. The number of unbranched alkanes of at least 4 members (excludes halogenated alkanes) is 1. The lowest BCUT2D eigenvalue weighted by atomic mass is 10.2. The van der Waals surface area contributed by atoms with Gasteiger partial charge < -0.3 is 10.2 Å². The number of carbonyl (C=O) groups is 1. The number of hydrogen-bond acceptors (Lipinski definition) is 2. The van der Waals surface area contributed by atoms with Gasteiger partial charge in [0.25, 0.3) is 0 Å². The summed E-state index contributed by atoms with van der Waals surface area (Å²) < 4.78 is 0. The maximum absolute atomic E-state index is 10.3. The van der Waals surface area contributed by atoms with E-state index in [1.54, 1.807) is 12.2 Å². The third kappa shape index (κ3) is 18.1. The number of allylic oxidation sites excluding steroid dienone is 8. The minimum Gasteiger partial charge on any atom is -0.481 e. The van der Waals surface area contributed by atoms with Gasteiger partial charge in [-0.2, -0.15) is 0 Å². The van der Waals surface area contributed by atoms with E-state index in [9.17, 15) is 9.90 Å². The SMILES string of the molecule is CC/C=C/C/C=C/C/C=C/CC(O)/C=C/C=C/CCCC(=O)O. The first-order valence-corrected chi connectivity index (χ1v) is 8.35. The third-order valence-electron chi connectivity index (χ3n) is 3.00. The Kier molecular flexibility index (Phi) is 15.2. The average Bonchev–Trinajstić information content (AvgIpc) is 2.52. The Morgan fingerprint density at radius 2 is 1.61 bits per heavy atom. The highest BCUT2D eigenvalue weighted by Gasteiger charge is 1.94. The molecule has 1 atom stereocenters. The van der Waals surface area contributed by atoms with Crippen LogP contribution in [0.15, 0.2) is 60.8 Å². The Balaban J connectivity index is 3.68. The topological polar surface area (TPSA) is 57.5 Å². The van der Waals surface area contributed by atoms with Crippen LogP contribution < -0.4 is 0 Å². The van der Waals surface area contributed by atoms with Crippen LogP contribution in [0.4, 0.5) is 0 Å². The van der Waals surface area contributed by atoms with Gasteiger partial charge in [-0.1, -0.05) is 67.7 Å². The van der Waals surface area contributed by atoms with E-state index in [4.69, 9.17) is 5.11 Å². The van der Waals surface area contributed by atoms with Crippen molar-refractivity contribution < 1.29 is 15.0 Å². The van der Waals surface area contributed by atoms with Gasteiger partial charge in [-0.25, -0.2) is 0 Å². The predicted octanol–water partition coefficient (Wildman–Crippen LogP) is 4.96. The van der Waals surface area contributed by atoms with E-state index in [0.717, 1.165) is 25.7 Å². The molecule has 1 unspecified atom stereocenters. The van der Waals surface area contributed by atoms with Gasteiger partial charge in [0, 0.05) is 6.42 Å². The van der Waals surface area contributed by atoms with Crippen molar-refractivity contribution >= 4 is 5.97 Å². The number of aliphatic hydroxyl groups excluding tert-OH is 1. The second-order valence-corrected chi connectivity index (χ2v) is 5.20. The quantitative estimate of drug-likeness (QED) is 0.286. The Bertz CT molecular complexity index is 428. The fraction of sp³-hybridized carbons (Fsp3) is 0.450. The normalized spacial score (nSPS) is 14.2. The Labute approximate surface area is 140 Å². The molecule has 0 heterocycles. The summed E-state index contributed by atoms with van der Waals surface area (Å²) in [6.07, 6.45) is 24.6. The van der Waals surface area contributed by atoms with Gasteiger partial charge in [0.05, 0.1) is 6.10 Å². The van der Waals surface area contributed by atoms with Crippen LogP contribution in [0.2, 0.25) is 0 Å². The molecule has 0 aromatic carbocycles. The van der Waals surface area contributed by atoms with Gasteiger partial charge in [-0.15, -0.1) is 0 Å². The van der Waals surface area contributed by atoms with Crippen LogP contribution in [0.5, 0.6) is 0 Å². The molecule has 0 aromatic heterocycles. The van der Waals surface area contributed by atoms with Gasteiger partial charge in [0.1, 0.15) is 0 Å². The van der Waals surface area contributed by atoms with E-state index >= 15 is 0 Å². The third-order valence-corrected chi connectivity index (χ3v) is 3.00. The summed E-state index contributed by atoms with van der Waals surface area (Å²) >= 11 is 0. The smallest absolute Gasteiger partial charge is 0.303 e. The van der Waals surface area contributed by atoms with Gasteiger partial charge in [0.15, 0.2) is 0 Å². The fourth-order valence-corrected chi connectivity index (χ4v) is 1.76. The standard InChI is InChI=1S/C20H30O3/c1-2-3-4-5-6-7-8-10-13-16-19(21)17-14-11-9-12-15-18-20(22)23/h3-4,6-7,9-11,13-14,17,19,21H,2,5,8,12,15-16,18H2,1H3,(H,22,23)/b4-3+,7-6+,11-9+,13-10+,17-14+. The van der Waals surface area contributed by atoms with E-state index < -0.39 is 12.1 Å². The van der Waals surface area contributed by atoms with Gasteiger partial charge >= 0.3 is 5.97 Å². The first-order chi connectivity index (χ1) is 11.2. The Morgan fingerprint density at radius 3 is 2.26 bits per heavy atom. The minimum absolute atomic E-state index is 0.199. The second-order valence-electron chi connectivity index (χ2n) is 5.20. The van der Waals surface area contributed by atoms with Crippen LogP contribution in [0.1, 0.15) is 51.9 Å². The number of carboxylic acid groups (broad SMARTS) is 1. The zero-order valence-corrected chi connectivity index (χ0v) is 14.1. The largest absolute Gasteiger partial charge is 0.481 e. The maximum Gasteiger partial charge on any atom is 0.303 e. The minimum atomic E-state index is -0.761. The molecule has 0 amide bonds. The van der Waals surface area contributed by atoms with Crippen molar-refractivity contribution in [2.24, 2.45) is 0 Å². The molecule has 0 saturated carbocycles. The van der Waals surface area contributed by atoms with Gasteiger partial charge in [0.2, 0.25) is 0 Å². The molecule has 0 aliphatic carbocycles. The average molecular weight is 318 g/mol. The summed E-state index contributed by atoms with van der Waals surface area (Å²) in [5.41, 5.74) is 0. The summed E-state index contributed by atoms with van der Waals surface area (Å²) in [4.78, 5) is 10.3. The highest BCUT2D eigenvalue weighted by atomic mass is 16.4. The van der Waals surface area contributed by atoms with E-state index in [2.05, 4.69) is 37.3 Å². The van der Waals surface area contributed by atoms with Crippen LogP contribution >= 0.6 is 0 Å². The van der Waals surface area contributed by atoms with E-state index in [1.165, 1.54) is 0 Å². The summed E-state index contributed by atoms with van der Waals surface area (Å²) in [5.74, 6) is -0.761. The monoisotopic (exact) mass is 318 g/mol. The van der Waals surface area contributed by atoms with Crippen LogP contribution in [0.3, 0.4) is 0 Å². The maximum atomic E-state index is 10.3. The molecule has 0 bridgehead atoms. The van der Waals surface area contributed by atoms with Crippen molar-refractivity contribution in [2.75, 3.05) is 0 Å². The molecular weight excluding hydrogens is 288 g/mol. The first-order valence-electron chi connectivity index (χ1n) is 8.35. The first kappa shape index (κ1) is 21.1. The molecule has 0 rings (SSSR count). The van der Waals surface area contributed by atoms with E-state index in [0.29, 0.717) is 12.8 Å². The van der Waals surface area contributed by atoms with Crippen molar-refractivity contribution in [3.8, 4) is 0 Å². The molecular formula is C20H30O3. The van der Waals surface area contributed by atoms with Crippen molar-refractivity contribution in [3.63, 3.8) is 0 Å². The highest BCUT2D eigenvalue weighted by Crippen LogP contribution is 2.00. The zero-order valence-electron chi connectivity index (χ0n) is 14.1. The summed E-state index contributed by atoms with van der Waals surface area (Å²) in [6, 6.07) is 0. The molecule has 0 aliphatic rings. The van der Waals surface area contributed by atoms with Crippen LogP contribution in [0, 0.1) is 0 Å². The lowest BCUT2D eigenvalue weighted by Crippen LogP contribution is -1.98. The Hall–Kier alpha value is -1.87. The van der Waals surface area contributed by atoms with Gasteiger partial charge in [-0.05, 0) is 38.5 Å². The predicted molar refractivity (Wildman–Crippen MR) is 97.3 cm³/mol. The summed E-state index contributed by atoms with van der Waals surface area (Å²) in [7, 11) is 0.